The second-order valence-corrected chi connectivity index (χ2v) is 6.37. The van der Waals surface area contributed by atoms with Gasteiger partial charge in [0.15, 0.2) is 0 Å². The van der Waals surface area contributed by atoms with Gasteiger partial charge in [-0.25, -0.2) is 4.79 Å². The van der Waals surface area contributed by atoms with Crippen LogP contribution in [-0.4, -0.2) is 68.6 Å². The molecule has 1 heterocycles. The molecule has 1 amide bonds. The summed E-state index contributed by atoms with van der Waals surface area (Å²) in [6.07, 6.45) is 1.50. The predicted octanol–water partition coefficient (Wildman–Crippen LogP) is 1.16. The Morgan fingerprint density at radius 2 is 2.05 bits per heavy atom. The molecule has 7 nitrogen and oxygen atoms in total. The molecule has 1 aliphatic heterocycles. The Balaban J connectivity index is 2.44. The van der Waals surface area contributed by atoms with Gasteiger partial charge in [-0.15, -0.1) is 0 Å². The highest BCUT2D eigenvalue weighted by molar-refractivity contribution is 5.75. The Kier molecular flexibility index (Phi) is 7.09. The number of methoxy groups -OCH3 is 1. The van der Waals surface area contributed by atoms with Gasteiger partial charge in [0.05, 0.1) is 26.4 Å². The molecule has 0 unspecified atom stereocenters. The molecule has 1 N–H and O–H groups in total. The molecule has 1 aliphatic rings. The van der Waals surface area contributed by atoms with Crippen LogP contribution in [0.3, 0.4) is 0 Å². The number of carbonyl (C=O) groups excluding carboxylic acids is 2. The van der Waals surface area contributed by atoms with Gasteiger partial charge in [0.2, 0.25) is 0 Å². The zero-order valence-electron chi connectivity index (χ0n) is 14.2. The summed E-state index contributed by atoms with van der Waals surface area (Å²) in [6.45, 7) is 6.81. The normalized spacial score (nSPS) is 19.9. The molecule has 0 saturated carbocycles. The number of esters is 1. The predicted molar refractivity (Wildman–Crippen MR) is 81.6 cm³/mol. The van der Waals surface area contributed by atoms with Crippen molar-refractivity contribution in [3.63, 3.8) is 0 Å². The zero-order chi connectivity index (χ0) is 16.8. The van der Waals surface area contributed by atoms with Crippen molar-refractivity contribution in [1.82, 2.24) is 10.2 Å². The van der Waals surface area contributed by atoms with Gasteiger partial charge >= 0.3 is 12.1 Å². The number of nitrogens with zero attached hydrogens (tertiary/aromatic N) is 1. The molecule has 0 spiro atoms. The van der Waals surface area contributed by atoms with Crippen LogP contribution in [0.1, 0.15) is 33.6 Å². The highest BCUT2D eigenvalue weighted by Gasteiger charge is 2.32. The second-order valence-electron chi connectivity index (χ2n) is 6.37. The maximum Gasteiger partial charge on any atom is 0.410 e. The summed E-state index contributed by atoms with van der Waals surface area (Å²) in [4.78, 5) is 25.3. The van der Waals surface area contributed by atoms with Gasteiger partial charge in [-0.3, -0.25) is 4.79 Å². The monoisotopic (exact) mass is 316 g/mol. The van der Waals surface area contributed by atoms with E-state index in [0.29, 0.717) is 13.2 Å². The first-order valence-electron chi connectivity index (χ1n) is 7.61. The number of hydrogen-bond donors (Lipinski definition) is 1. The van der Waals surface area contributed by atoms with Gasteiger partial charge in [-0.2, -0.15) is 0 Å². The maximum atomic E-state index is 12.1. The molecular weight excluding hydrogens is 288 g/mol. The molecule has 0 aromatic carbocycles. The topological polar surface area (TPSA) is 77.1 Å². The SMILES string of the molecule is CN[C@@H](COC[C@H]1CCCN1C(=O)OC(C)(C)C)C(=O)OC. The number of carbonyl (C=O) groups is 2. The number of ether oxygens (including phenoxy) is 3. The molecule has 1 fully saturated rings. The second kappa shape index (κ2) is 8.33. The third kappa shape index (κ3) is 5.81. The molecule has 0 bridgehead atoms. The van der Waals surface area contributed by atoms with E-state index in [1.54, 1.807) is 11.9 Å². The third-order valence-corrected chi connectivity index (χ3v) is 3.43. The molecule has 1 saturated heterocycles. The lowest BCUT2D eigenvalue weighted by Gasteiger charge is -2.28. The Bertz CT molecular complexity index is 381. The lowest BCUT2D eigenvalue weighted by atomic mass is 10.2. The summed E-state index contributed by atoms with van der Waals surface area (Å²) in [7, 11) is 3.02. The van der Waals surface area contributed by atoms with Crippen LogP contribution in [0.25, 0.3) is 0 Å². The maximum absolute atomic E-state index is 12.1. The average molecular weight is 316 g/mol. The van der Waals surface area contributed by atoms with Gasteiger partial charge in [0.1, 0.15) is 11.6 Å². The van der Waals surface area contributed by atoms with Crippen LogP contribution < -0.4 is 5.32 Å². The molecule has 128 valence electrons. The summed E-state index contributed by atoms with van der Waals surface area (Å²) in [5.41, 5.74) is -0.507. The van der Waals surface area contributed by atoms with Crippen LogP contribution in [0.2, 0.25) is 0 Å². The van der Waals surface area contributed by atoms with E-state index in [4.69, 9.17) is 9.47 Å². The van der Waals surface area contributed by atoms with Gasteiger partial charge in [-0.1, -0.05) is 0 Å². The van der Waals surface area contributed by atoms with Crippen molar-refractivity contribution in [3.8, 4) is 0 Å². The number of likely N-dealkylation sites (tertiary alicyclic amines) is 1. The van der Waals surface area contributed by atoms with Crippen molar-refractivity contribution in [1.29, 1.82) is 0 Å². The van der Waals surface area contributed by atoms with Crippen molar-refractivity contribution in [3.05, 3.63) is 0 Å². The number of rotatable bonds is 6. The fourth-order valence-electron chi connectivity index (χ4n) is 2.30. The van der Waals surface area contributed by atoms with E-state index in [2.05, 4.69) is 10.1 Å². The lowest BCUT2D eigenvalue weighted by molar-refractivity contribution is -0.144. The van der Waals surface area contributed by atoms with Gasteiger partial charge in [0.25, 0.3) is 0 Å². The largest absolute Gasteiger partial charge is 0.468 e. The number of likely N-dealkylation sites (N-methyl/N-ethyl adjacent to an activating group) is 1. The standard InChI is InChI=1S/C15H28N2O5/c1-15(2,3)22-14(19)17-8-6-7-11(17)9-21-10-12(16-4)13(18)20-5/h11-12,16H,6-10H2,1-5H3/t11-,12+/m1/s1. The van der Waals surface area contributed by atoms with Crippen LogP contribution in [0.15, 0.2) is 0 Å². The van der Waals surface area contributed by atoms with Gasteiger partial charge < -0.3 is 24.4 Å². The highest BCUT2D eigenvalue weighted by Crippen LogP contribution is 2.21. The molecule has 0 aromatic rings. The molecule has 0 aliphatic carbocycles. The summed E-state index contributed by atoms with van der Waals surface area (Å²) < 4.78 is 15.7. The van der Waals surface area contributed by atoms with Crippen molar-refractivity contribution in [2.45, 2.75) is 51.3 Å². The quantitative estimate of drug-likeness (QED) is 0.741. The fraction of sp³-hybridized carbons (Fsp3) is 0.867. The number of amides is 1. The minimum Gasteiger partial charge on any atom is -0.468 e. The molecule has 22 heavy (non-hydrogen) atoms. The summed E-state index contributed by atoms with van der Waals surface area (Å²) in [6, 6.07) is -0.508. The number of hydrogen-bond acceptors (Lipinski definition) is 6. The Labute approximate surface area is 132 Å². The van der Waals surface area contributed by atoms with Crippen molar-refractivity contribution >= 4 is 12.1 Å². The van der Waals surface area contributed by atoms with Crippen molar-refractivity contribution < 1.29 is 23.8 Å². The van der Waals surface area contributed by atoms with E-state index in [-0.39, 0.29) is 24.7 Å². The molecule has 0 radical (unpaired) electrons. The highest BCUT2D eigenvalue weighted by atomic mass is 16.6. The van der Waals surface area contributed by atoms with Gasteiger partial charge in [0, 0.05) is 6.54 Å². The van der Waals surface area contributed by atoms with Crippen LogP contribution in [0.5, 0.6) is 0 Å². The van der Waals surface area contributed by atoms with Crippen LogP contribution in [0, 0.1) is 0 Å². The summed E-state index contributed by atoms with van der Waals surface area (Å²) in [5, 5.41) is 2.84. The van der Waals surface area contributed by atoms with E-state index in [0.717, 1.165) is 12.8 Å². The summed E-state index contributed by atoms with van der Waals surface area (Å²) >= 11 is 0. The van der Waals surface area contributed by atoms with Crippen LogP contribution in [0.4, 0.5) is 4.79 Å². The molecule has 0 aromatic heterocycles. The van der Waals surface area contributed by atoms with E-state index >= 15 is 0 Å². The first kappa shape index (κ1) is 18.7. The first-order valence-corrected chi connectivity index (χ1v) is 7.61. The third-order valence-electron chi connectivity index (χ3n) is 3.43. The van der Waals surface area contributed by atoms with E-state index in [1.165, 1.54) is 7.11 Å². The van der Waals surface area contributed by atoms with Crippen molar-refractivity contribution in [2.24, 2.45) is 0 Å². The number of nitrogens with one attached hydrogen (secondary N) is 1. The van der Waals surface area contributed by atoms with Crippen molar-refractivity contribution in [2.75, 3.05) is 33.9 Å². The minimum atomic E-state index is -0.507. The fourth-order valence-corrected chi connectivity index (χ4v) is 2.30. The summed E-state index contributed by atoms with van der Waals surface area (Å²) in [5.74, 6) is -0.363. The van der Waals surface area contributed by atoms with E-state index < -0.39 is 11.6 Å². The Morgan fingerprint density at radius 3 is 2.59 bits per heavy atom. The molecule has 7 heteroatoms. The van der Waals surface area contributed by atoms with Crippen LogP contribution >= 0.6 is 0 Å². The first-order chi connectivity index (χ1) is 10.3. The zero-order valence-corrected chi connectivity index (χ0v) is 14.2. The van der Waals surface area contributed by atoms with Gasteiger partial charge in [-0.05, 0) is 40.7 Å². The lowest BCUT2D eigenvalue weighted by Crippen LogP contribution is -2.43. The molecular formula is C15H28N2O5. The van der Waals surface area contributed by atoms with E-state index in [1.807, 2.05) is 20.8 Å². The smallest absolute Gasteiger partial charge is 0.410 e. The minimum absolute atomic E-state index is 0.00926. The molecule has 1 rings (SSSR count). The van der Waals surface area contributed by atoms with E-state index in [9.17, 15) is 9.59 Å². The molecule has 2 atom stereocenters. The van der Waals surface area contributed by atoms with Crippen LogP contribution in [-0.2, 0) is 19.0 Å². The average Bonchev–Trinajstić information content (AvgIpc) is 2.89. The Morgan fingerprint density at radius 1 is 1.36 bits per heavy atom. The Hall–Kier alpha value is -1.34.